The molecule has 0 aliphatic carbocycles. The Labute approximate surface area is 149 Å². The quantitative estimate of drug-likeness (QED) is 0.545. The van der Waals surface area contributed by atoms with Gasteiger partial charge in [0.15, 0.2) is 11.5 Å². The second-order valence-electron chi connectivity index (χ2n) is 6.22. The zero-order valence-corrected chi connectivity index (χ0v) is 15.0. The molecule has 0 aliphatic rings. The van der Waals surface area contributed by atoms with E-state index in [1.54, 1.807) is 0 Å². The highest BCUT2D eigenvalue weighted by molar-refractivity contribution is 5.97. The minimum atomic E-state index is -0.392. The summed E-state index contributed by atoms with van der Waals surface area (Å²) in [6.07, 6.45) is 2.30. The van der Waals surface area contributed by atoms with Crippen molar-refractivity contribution < 1.29 is 24.1 Å². The largest absolute Gasteiger partial charge is 0.507 e. The third-order valence-electron chi connectivity index (χ3n) is 4.21. The number of allylic oxidation sites excluding steroid dienone is 2. The number of hydrogen-bond donors (Lipinski definition) is 2. The van der Waals surface area contributed by atoms with Crippen LogP contribution in [0.2, 0.25) is 0 Å². The maximum Gasteiger partial charge on any atom is 0.204 e. The van der Waals surface area contributed by atoms with Gasteiger partial charge in [0, 0.05) is 23.8 Å². The molecule has 0 amide bonds. The molecule has 0 aliphatic heterocycles. The fraction of sp³-hybridized carbons (Fsp3) is 0.250. The van der Waals surface area contributed by atoms with Crippen LogP contribution in [0.1, 0.15) is 19.4 Å². The van der Waals surface area contributed by atoms with Crippen LogP contribution in [0.4, 0.5) is 0 Å². The van der Waals surface area contributed by atoms with Crippen LogP contribution in [-0.2, 0) is 6.42 Å². The second-order valence-corrected chi connectivity index (χ2v) is 6.22. The molecule has 6 heteroatoms. The van der Waals surface area contributed by atoms with E-state index in [1.165, 1.54) is 32.4 Å². The number of ether oxygens (including phenoxy) is 2. The predicted molar refractivity (Wildman–Crippen MR) is 99.6 cm³/mol. The van der Waals surface area contributed by atoms with Gasteiger partial charge in [0.25, 0.3) is 0 Å². The van der Waals surface area contributed by atoms with Crippen molar-refractivity contribution in [2.45, 2.75) is 20.3 Å². The van der Waals surface area contributed by atoms with Gasteiger partial charge >= 0.3 is 0 Å². The van der Waals surface area contributed by atoms with E-state index in [-0.39, 0.29) is 39.2 Å². The molecule has 26 heavy (non-hydrogen) atoms. The van der Waals surface area contributed by atoms with Gasteiger partial charge in [-0.05, 0) is 20.3 Å². The van der Waals surface area contributed by atoms with E-state index in [2.05, 4.69) is 0 Å². The molecule has 0 saturated heterocycles. The molecule has 0 spiro atoms. The predicted octanol–water partition coefficient (Wildman–Crippen LogP) is 3.88. The molecule has 0 radical (unpaired) electrons. The Morgan fingerprint density at radius 1 is 1.04 bits per heavy atom. The lowest BCUT2D eigenvalue weighted by atomic mass is 10.0. The number of phenols is 2. The zero-order valence-electron chi connectivity index (χ0n) is 15.0. The number of hydrogen-bond acceptors (Lipinski definition) is 6. The first-order chi connectivity index (χ1) is 12.4. The molecule has 2 aromatic carbocycles. The summed E-state index contributed by atoms with van der Waals surface area (Å²) in [5.41, 5.74) is 1.57. The summed E-state index contributed by atoms with van der Waals surface area (Å²) in [7, 11) is 2.88. The Hall–Kier alpha value is -3.15. The van der Waals surface area contributed by atoms with E-state index in [4.69, 9.17) is 13.9 Å². The standard InChI is InChI=1S/C20H20O6/c1-10(2)5-6-12-17-16(9-14(22)20(12)25-4)26-15-8-11(24-3)7-13(21)18(15)19(17)23/h5,7-9,21-22H,6H2,1-4H3. The number of phenolic OH excluding ortho intramolecular Hbond substituents is 2. The maximum atomic E-state index is 13.1. The second kappa shape index (κ2) is 6.63. The van der Waals surface area contributed by atoms with Gasteiger partial charge in [-0.15, -0.1) is 0 Å². The highest BCUT2D eigenvalue weighted by Crippen LogP contribution is 2.38. The fourth-order valence-corrected chi connectivity index (χ4v) is 2.98. The van der Waals surface area contributed by atoms with Crippen molar-refractivity contribution >= 4 is 21.9 Å². The molecule has 3 aromatic rings. The van der Waals surface area contributed by atoms with Gasteiger partial charge in [0.05, 0.1) is 19.6 Å². The summed E-state index contributed by atoms with van der Waals surface area (Å²) in [4.78, 5) is 13.1. The Morgan fingerprint density at radius 2 is 1.73 bits per heavy atom. The van der Waals surface area contributed by atoms with Gasteiger partial charge in [-0.3, -0.25) is 4.79 Å². The third-order valence-corrected chi connectivity index (χ3v) is 4.21. The Kier molecular flexibility index (Phi) is 4.50. The SMILES string of the molecule is COc1cc(O)c2c(=O)c3c(CC=C(C)C)c(OC)c(O)cc3oc2c1. The number of rotatable bonds is 4. The van der Waals surface area contributed by atoms with Gasteiger partial charge in [-0.2, -0.15) is 0 Å². The lowest BCUT2D eigenvalue weighted by Gasteiger charge is -2.13. The van der Waals surface area contributed by atoms with Crippen LogP contribution in [0.25, 0.3) is 21.9 Å². The van der Waals surface area contributed by atoms with E-state index in [0.29, 0.717) is 17.7 Å². The summed E-state index contributed by atoms with van der Waals surface area (Å²) < 4.78 is 16.2. The van der Waals surface area contributed by atoms with E-state index >= 15 is 0 Å². The smallest absolute Gasteiger partial charge is 0.204 e. The van der Waals surface area contributed by atoms with Crippen molar-refractivity contribution in [3.8, 4) is 23.0 Å². The van der Waals surface area contributed by atoms with Crippen molar-refractivity contribution in [3.05, 3.63) is 45.6 Å². The van der Waals surface area contributed by atoms with Gasteiger partial charge in [0.1, 0.15) is 28.1 Å². The van der Waals surface area contributed by atoms with E-state index in [1.807, 2.05) is 19.9 Å². The first kappa shape index (κ1) is 17.7. The highest BCUT2D eigenvalue weighted by Gasteiger charge is 2.21. The van der Waals surface area contributed by atoms with Crippen molar-refractivity contribution in [3.63, 3.8) is 0 Å². The third kappa shape index (κ3) is 2.83. The maximum absolute atomic E-state index is 13.1. The first-order valence-corrected chi connectivity index (χ1v) is 8.07. The fourth-order valence-electron chi connectivity index (χ4n) is 2.98. The number of aromatic hydroxyl groups is 2. The summed E-state index contributed by atoms with van der Waals surface area (Å²) in [6.45, 7) is 3.88. The Balaban J connectivity index is 2.49. The zero-order chi connectivity index (χ0) is 19.0. The average molecular weight is 356 g/mol. The lowest BCUT2D eigenvalue weighted by molar-refractivity contribution is 0.370. The molecular formula is C20H20O6. The summed E-state index contributed by atoms with van der Waals surface area (Å²) in [5, 5.41) is 20.9. The van der Waals surface area contributed by atoms with E-state index < -0.39 is 5.43 Å². The minimum Gasteiger partial charge on any atom is -0.507 e. The van der Waals surface area contributed by atoms with Crippen LogP contribution >= 0.6 is 0 Å². The summed E-state index contributed by atoms with van der Waals surface area (Å²) >= 11 is 0. The molecule has 1 aromatic heterocycles. The minimum absolute atomic E-state index is 0.0597. The molecule has 6 nitrogen and oxygen atoms in total. The molecule has 0 bridgehead atoms. The number of fused-ring (bicyclic) bond motifs is 2. The molecule has 0 atom stereocenters. The first-order valence-electron chi connectivity index (χ1n) is 8.07. The monoisotopic (exact) mass is 356 g/mol. The molecule has 0 fully saturated rings. The number of methoxy groups -OCH3 is 2. The molecule has 2 N–H and O–H groups in total. The average Bonchev–Trinajstić information content (AvgIpc) is 2.58. The van der Waals surface area contributed by atoms with Crippen LogP contribution < -0.4 is 14.9 Å². The van der Waals surface area contributed by atoms with Gasteiger partial charge in [-0.25, -0.2) is 0 Å². The molecule has 3 rings (SSSR count). The molecule has 0 unspecified atom stereocenters. The van der Waals surface area contributed by atoms with Crippen LogP contribution in [-0.4, -0.2) is 24.4 Å². The normalized spacial score (nSPS) is 10.9. The highest BCUT2D eigenvalue weighted by atomic mass is 16.5. The summed E-state index contributed by atoms with van der Waals surface area (Å²) in [5.74, 6) is 0.233. The van der Waals surface area contributed by atoms with E-state index in [0.717, 1.165) is 5.57 Å². The molecule has 0 saturated carbocycles. The van der Waals surface area contributed by atoms with Crippen LogP contribution in [0, 0.1) is 0 Å². The molecule has 136 valence electrons. The van der Waals surface area contributed by atoms with Crippen molar-refractivity contribution in [1.29, 1.82) is 0 Å². The van der Waals surface area contributed by atoms with Gasteiger partial charge in [-0.1, -0.05) is 11.6 Å². The van der Waals surface area contributed by atoms with Crippen LogP contribution in [0.5, 0.6) is 23.0 Å². The van der Waals surface area contributed by atoms with Crippen LogP contribution in [0.15, 0.2) is 39.1 Å². The Bertz CT molecular complexity index is 1090. The van der Waals surface area contributed by atoms with Gasteiger partial charge in [0.2, 0.25) is 5.43 Å². The van der Waals surface area contributed by atoms with Crippen molar-refractivity contribution in [2.75, 3.05) is 14.2 Å². The van der Waals surface area contributed by atoms with Crippen molar-refractivity contribution in [2.24, 2.45) is 0 Å². The number of benzene rings is 2. The topological polar surface area (TPSA) is 89.1 Å². The molecule has 1 heterocycles. The van der Waals surface area contributed by atoms with E-state index in [9.17, 15) is 15.0 Å². The Morgan fingerprint density at radius 3 is 2.35 bits per heavy atom. The van der Waals surface area contributed by atoms with Crippen LogP contribution in [0.3, 0.4) is 0 Å². The van der Waals surface area contributed by atoms with Crippen molar-refractivity contribution in [1.82, 2.24) is 0 Å². The van der Waals surface area contributed by atoms with Gasteiger partial charge < -0.3 is 24.1 Å². The lowest BCUT2D eigenvalue weighted by Crippen LogP contribution is -2.07. The summed E-state index contributed by atoms with van der Waals surface area (Å²) in [6, 6.07) is 4.23. The molecular weight excluding hydrogens is 336 g/mol.